The molecule has 0 N–H and O–H groups in total. The highest BCUT2D eigenvalue weighted by atomic mass is 16.1. The van der Waals surface area contributed by atoms with Gasteiger partial charge >= 0.3 is 0 Å². The fraction of sp³-hybridized carbons (Fsp3) is 0.438. The number of ketones is 1. The van der Waals surface area contributed by atoms with Crippen molar-refractivity contribution in [1.29, 1.82) is 0 Å². The molecule has 0 unspecified atom stereocenters. The van der Waals surface area contributed by atoms with Gasteiger partial charge in [-0.1, -0.05) is 45.4 Å². The number of hydrogen-bond donors (Lipinski definition) is 0. The number of carbonyl (C=O) groups is 1. The second-order valence-corrected chi connectivity index (χ2v) is 5.49. The molecule has 1 aromatic rings. The van der Waals surface area contributed by atoms with Crippen LogP contribution in [0.15, 0.2) is 29.8 Å². The lowest BCUT2D eigenvalue weighted by Crippen LogP contribution is -2.13. The first-order valence-electron chi connectivity index (χ1n) is 6.36. The van der Waals surface area contributed by atoms with Gasteiger partial charge in [0.1, 0.15) is 0 Å². The summed E-state index contributed by atoms with van der Waals surface area (Å²) in [4.78, 5) is 12.1. The van der Waals surface area contributed by atoms with Crippen LogP contribution in [0.4, 0.5) is 0 Å². The molecule has 1 aromatic carbocycles. The topological polar surface area (TPSA) is 17.1 Å². The third kappa shape index (κ3) is 2.33. The molecule has 0 amide bonds. The van der Waals surface area contributed by atoms with Crippen LogP contribution in [0.1, 0.15) is 55.1 Å². The Kier molecular flexibility index (Phi) is 3.19. The molecule has 1 heteroatoms. The quantitative estimate of drug-likeness (QED) is 0.743. The predicted molar refractivity (Wildman–Crippen MR) is 71.5 cm³/mol. The van der Waals surface area contributed by atoms with Crippen molar-refractivity contribution in [3.8, 4) is 0 Å². The summed E-state index contributed by atoms with van der Waals surface area (Å²) < 4.78 is 0. The Morgan fingerprint density at radius 1 is 1.06 bits per heavy atom. The van der Waals surface area contributed by atoms with Crippen molar-refractivity contribution in [3.63, 3.8) is 0 Å². The van der Waals surface area contributed by atoms with E-state index in [1.165, 1.54) is 16.7 Å². The first-order chi connectivity index (χ1) is 7.99. The molecule has 0 spiro atoms. The first-order valence-corrected chi connectivity index (χ1v) is 6.36. The van der Waals surface area contributed by atoms with Crippen molar-refractivity contribution < 1.29 is 4.79 Å². The zero-order valence-electron chi connectivity index (χ0n) is 11.1. The molecule has 0 atom stereocenters. The standard InChI is InChI=1S/C16H20O/c1-10(2)12-5-6-13-7-14(11(3)4)9-16(17)15(13)8-12/h5-6,8-11H,7H2,1-4H3. The van der Waals surface area contributed by atoms with Gasteiger partial charge in [0.2, 0.25) is 0 Å². The summed E-state index contributed by atoms with van der Waals surface area (Å²) in [5.41, 5.74) is 4.59. The van der Waals surface area contributed by atoms with E-state index in [1.54, 1.807) is 0 Å². The minimum atomic E-state index is 0.178. The van der Waals surface area contributed by atoms with Gasteiger partial charge in [0.25, 0.3) is 0 Å². The number of benzene rings is 1. The van der Waals surface area contributed by atoms with Crippen LogP contribution < -0.4 is 0 Å². The van der Waals surface area contributed by atoms with E-state index in [4.69, 9.17) is 0 Å². The van der Waals surface area contributed by atoms with Gasteiger partial charge in [0.15, 0.2) is 5.78 Å². The normalized spacial score (nSPS) is 15.2. The van der Waals surface area contributed by atoms with Crippen molar-refractivity contribution >= 4 is 5.78 Å². The van der Waals surface area contributed by atoms with Crippen LogP contribution in [-0.4, -0.2) is 5.78 Å². The maximum absolute atomic E-state index is 12.1. The van der Waals surface area contributed by atoms with Crippen molar-refractivity contribution in [2.24, 2.45) is 5.92 Å². The van der Waals surface area contributed by atoms with Crippen molar-refractivity contribution in [3.05, 3.63) is 46.5 Å². The number of rotatable bonds is 2. The summed E-state index contributed by atoms with van der Waals surface area (Å²) >= 11 is 0. The van der Waals surface area contributed by atoms with E-state index in [1.807, 2.05) is 6.08 Å². The number of allylic oxidation sites excluding steroid dienone is 2. The summed E-state index contributed by atoms with van der Waals surface area (Å²) in [6, 6.07) is 6.34. The number of carbonyl (C=O) groups excluding carboxylic acids is 1. The molecule has 0 bridgehead atoms. The van der Waals surface area contributed by atoms with Gasteiger partial charge in [0, 0.05) is 5.56 Å². The average molecular weight is 228 g/mol. The van der Waals surface area contributed by atoms with Gasteiger partial charge in [-0.15, -0.1) is 0 Å². The van der Waals surface area contributed by atoms with Crippen LogP contribution >= 0.6 is 0 Å². The molecule has 90 valence electrons. The van der Waals surface area contributed by atoms with Gasteiger partial charge < -0.3 is 0 Å². The molecule has 0 radical (unpaired) electrons. The monoisotopic (exact) mass is 228 g/mol. The maximum atomic E-state index is 12.1. The van der Waals surface area contributed by atoms with Crippen molar-refractivity contribution in [2.45, 2.75) is 40.0 Å². The highest BCUT2D eigenvalue weighted by molar-refractivity contribution is 6.07. The summed E-state index contributed by atoms with van der Waals surface area (Å²) in [5.74, 6) is 1.11. The lowest BCUT2D eigenvalue weighted by atomic mass is 9.84. The summed E-state index contributed by atoms with van der Waals surface area (Å²) in [6.45, 7) is 8.61. The minimum absolute atomic E-state index is 0.178. The van der Waals surface area contributed by atoms with E-state index < -0.39 is 0 Å². The Bertz CT molecular complexity index is 478. The molecule has 1 aliphatic carbocycles. The summed E-state index contributed by atoms with van der Waals surface area (Å²) in [6.07, 6.45) is 2.76. The van der Waals surface area contributed by atoms with E-state index in [0.717, 1.165) is 12.0 Å². The van der Waals surface area contributed by atoms with E-state index >= 15 is 0 Å². The molecular weight excluding hydrogens is 208 g/mol. The molecule has 1 aliphatic rings. The SMILES string of the molecule is CC(C)C1=CC(=O)c2cc(C(C)C)ccc2C1. The fourth-order valence-corrected chi connectivity index (χ4v) is 2.22. The molecule has 17 heavy (non-hydrogen) atoms. The van der Waals surface area contributed by atoms with Crippen molar-refractivity contribution in [1.82, 2.24) is 0 Å². The Morgan fingerprint density at radius 3 is 2.35 bits per heavy atom. The Morgan fingerprint density at radius 2 is 1.76 bits per heavy atom. The van der Waals surface area contributed by atoms with E-state index in [2.05, 4.69) is 45.9 Å². The third-order valence-electron chi connectivity index (χ3n) is 3.52. The molecule has 0 aromatic heterocycles. The van der Waals surface area contributed by atoms with E-state index in [-0.39, 0.29) is 5.78 Å². The molecule has 0 saturated carbocycles. The van der Waals surface area contributed by atoms with Gasteiger partial charge in [-0.25, -0.2) is 0 Å². The molecule has 0 aliphatic heterocycles. The average Bonchev–Trinajstić information content (AvgIpc) is 2.28. The zero-order valence-corrected chi connectivity index (χ0v) is 11.1. The predicted octanol–water partition coefficient (Wildman–Crippen LogP) is 4.13. The Labute approximate surface area is 104 Å². The van der Waals surface area contributed by atoms with Crippen molar-refractivity contribution in [2.75, 3.05) is 0 Å². The van der Waals surface area contributed by atoms with Crippen LogP contribution in [0.3, 0.4) is 0 Å². The fourth-order valence-electron chi connectivity index (χ4n) is 2.22. The molecule has 0 saturated heterocycles. The largest absolute Gasteiger partial charge is 0.289 e. The molecule has 2 rings (SSSR count). The second kappa shape index (κ2) is 4.48. The number of hydrogen-bond acceptors (Lipinski definition) is 1. The van der Waals surface area contributed by atoms with Crippen LogP contribution in [0.5, 0.6) is 0 Å². The first kappa shape index (κ1) is 12.1. The van der Waals surface area contributed by atoms with Crippen LogP contribution in [-0.2, 0) is 6.42 Å². The van der Waals surface area contributed by atoms with Gasteiger partial charge in [-0.05, 0) is 41.5 Å². The lowest BCUT2D eigenvalue weighted by molar-refractivity contribution is 0.104. The Balaban J connectivity index is 2.41. The summed E-state index contributed by atoms with van der Waals surface area (Å²) in [7, 11) is 0. The van der Waals surface area contributed by atoms with E-state index in [0.29, 0.717) is 11.8 Å². The van der Waals surface area contributed by atoms with Crippen LogP contribution in [0.25, 0.3) is 0 Å². The Hall–Kier alpha value is -1.37. The molecule has 0 fully saturated rings. The minimum Gasteiger partial charge on any atom is -0.289 e. The van der Waals surface area contributed by atoms with Crippen LogP contribution in [0, 0.1) is 5.92 Å². The number of fused-ring (bicyclic) bond motifs is 1. The van der Waals surface area contributed by atoms with Crippen LogP contribution in [0.2, 0.25) is 0 Å². The van der Waals surface area contributed by atoms with Gasteiger partial charge in [0.05, 0.1) is 0 Å². The molecular formula is C16H20O. The zero-order chi connectivity index (χ0) is 12.6. The third-order valence-corrected chi connectivity index (χ3v) is 3.52. The van der Waals surface area contributed by atoms with Gasteiger partial charge in [-0.3, -0.25) is 4.79 Å². The summed E-state index contributed by atoms with van der Waals surface area (Å²) in [5, 5.41) is 0. The molecule has 1 nitrogen and oxygen atoms in total. The highest BCUT2D eigenvalue weighted by Crippen LogP contribution is 2.28. The lowest BCUT2D eigenvalue weighted by Gasteiger charge is -2.20. The van der Waals surface area contributed by atoms with Gasteiger partial charge in [-0.2, -0.15) is 0 Å². The van der Waals surface area contributed by atoms with E-state index in [9.17, 15) is 4.79 Å². The highest BCUT2D eigenvalue weighted by Gasteiger charge is 2.19. The smallest absolute Gasteiger partial charge is 0.186 e. The second-order valence-electron chi connectivity index (χ2n) is 5.49. The maximum Gasteiger partial charge on any atom is 0.186 e. The molecule has 0 heterocycles.